The molecule has 2 aliphatic heterocycles. The van der Waals surface area contributed by atoms with Crippen molar-refractivity contribution >= 4 is 5.91 Å². The fourth-order valence-electron chi connectivity index (χ4n) is 3.97. The molecular formula is C14H25N3O. The Labute approximate surface area is 109 Å². The minimum absolute atomic E-state index is 0.249. The number of fused-ring (bicyclic) bond motifs is 2. The number of amides is 1. The molecule has 0 spiro atoms. The van der Waals surface area contributed by atoms with Gasteiger partial charge in [-0.3, -0.25) is 4.79 Å². The first-order valence-electron chi connectivity index (χ1n) is 7.53. The van der Waals surface area contributed by atoms with Gasteiger partial charge in [-0.15, -0.1) is 0 Å². The van der Waals surface area contributed by atoms with Crippen molar-refractivity contribution in [2.45, 2.75) is 69.0 Å². The van der Waals surface area contributed by atoms with Crippen LogP contribution in [0.15, 0.2) is 0 Å². The zero-order chi connectivity index (χ0) is 12.6. The van der Waals surface area contributed by atoms with Crippen LogP contribution in [0, 0.1) is 0 Å². The fraction of sp³-hybridized carbons (Fsp3) is 0.929. The highest BCUT2D eigenvalue weighted by Gasteiger charge is 2.45. The van der Waals surface area contributed by atoms with Crippen LogP contribution in [0.2, 0.25) is 0 Å². The van der Waals surface area contributed by atoms with E-state index in [4.69, 9.17) is 5.73 Å². The summed E-state index contributed by atoms with van der Waals surface area (Å²) < 4.78 is 0. The Hall–Kier alpha value is -0.610. The van der Waals surface area contributed by atoms with Gasteiger partial charge in [-0.25, -0.2) is 0 Å². The minimum Gasteiger partial charge on any atom is -0.334 e. The summed E-state index contributed by atoms with van der Waals surface area (Å²) in [5.41, 5.74) is 5.87. The Bertz CT molecular complexity index is 311. The van der Waals surface area contributed by atoms with Gasteiger partial charge in [0, 0.05) is 18.6 Å². The van der Waals surface area contributed by atoms with Crippen molar-refractivity contribution in [1.82, 2.24) is 10.2 Å². The minimum atomic E-state index is -0.552. The molecule has 3 N–H and O–H groups in total. The van der Waals surface area contributed by atoms with E-state index in [1.165, 1.54) is 12.8 Å². The van der Waals surface area contributed by atoms with Crippen molar-refractivity contribution in [2.75, 3.05) is 13.1 Å². The van der Waals surface area contributed by atoms with Crippen LogP contribution in [0.25, 0.3) is 0 Å². The quantitative estimate of drug-likeness (QED) is 0.731. The second-order valence-electron chi connectivity index (χ2n) is 6.31. The van der Waals surface area contributed by atoms with Crippen LogP contribution in [0.5, 0.6) is 0 Å². The molecule has 1 saturated carbocycles. The van der Waals surface area contributed by atoms with Gasteiger partial charge >= 0.3 is 0 Å². The monoisotopic (exact) mass is 251 g/mol. The lowest BCUT2D eigenvalue weighted by atomic mass is 9.81. The van der Waals surface area contributed by atoms with Crippen LogP contribution in [-0.2, 0) is 4.79 Å². The molecule has 3 rings (SSSR count). The molecule has 1 aliphatic carbocycles. The second-order valence-corrected chi connectivity index (χ2v) is 6.31. The summed E-state index contributed by atoms with van der Waals surface area (Å²) in [6, 6.07) is 0.840. The van der Waals surface area contributed by atoms with Gasteiger partial charge in [-0.05, 0) is 38.6 Å². The lowest BCUT2D eigenvalue weighted by Gasteiger charge is -2.39. The molecule has 3 fully saturated rings. The maximum absolute atomic E-state index is 12.9. The molecule has 3 aliphatic rings. The van der Waals surface area contributed by atoms with E-state index in [0.717, 1.165) is 51.6 Å². The molecule has 18 heavy (non-hydrogen) atoms. The molecule has 2 atom stereocenters. The first-order chi connectivity index (χ1) is 8.71. The Kier molecular flexibility index (Phi) is 3.32. The lowest BCUT2D eigenvalue weighted by molar-refractivity contribution is -0.141. The van der Waals surface area contributed by atoms with Gasteiger partial charge in [-0.2, -0.15) is 0 Å². The highest BCUT2D eigenvalue weighted by atomic mass is 16.2. The standard InChI is InChI=1S/C14H25N3O/c15-14(7-2-1-3-8-14)13(18)17-11-4-5-12(17)10-16-9-6-11/h11-12,16H,1-10,15H2. The smallest absolute Gasteiger partial charge is 0.243 e. The highest BCUT2D eigenvalue weighted by molar-refractivity contribution is 5.87. The largest absolute Gasteiger partial charge is 0.334 e. The Morgan fingerprint density at radius 3 is 2.61 bits per heavy atom. The number of hydrogen-bond acceptors (Lipinski definition) is 3. The third kappa shape index (κ3) is 2.05. The topological polar surface area (TPSA) is 58.4 Å². The maximum atomic E-state index is 12.9. The Morgan fingerprint density at radius 1 is 1.11 bits per heavy atom. The number of hydrogen-bond donors (Lipinski definition) is 2. The van der Waals surface area contributed by atoms with Gasteiger partial charge in [0.1, 0.15) is 0 Å². The highest BCUT2D eigenvalue weighted by Crippen LogP contribution is 2.34. The van der Waals surface area contributed by atoms with Crippen LogP contribution >= 0.6 is 0 Å². The van der Waals surface area contributed by atoms with Crippen molar-refractivity contribution in [2.24, 2.45) is 5.73 Å². The third-order valence-electron chi connectivity index (χ3n) is 5.06. The number of nitrogens with two attached hydrogens (primary N) is 1. The van der Waals surface area contributed by atoms with Crippen LogP contribution < -0.4 is 11.1 Å². The van der Waals surface area contributed by atoms with Gasteiger partial charge in [0.25, 0.3) is 0 Å². The van der Waals surface area contributed by atoms with Crippen LogP contribution in [0.4, 0.5) is 0 Å². The summed E-state index contributed by atoms with van der Waals surface area (Å²) in [7, 11) is 0. The lowest BCUT2D eigenvalue weighted by Crippen LogP contribution is -2.59. The van der Waals surface area contributed by atoms with E-state index in [1.54, 1.807) is 0 Å². The predicted octanol–water partition coefficient (Wildman–Crippen LogP) is 1.00. The predicted molar refractivity (Wildman–Crippen MR) is 71.1 cm³/mol. The van der Waals surface area contributed by atoms with E-state index in [2.05, 4.69) is 10.2 Å². The number of rotatable bonds is 1. The molecule has 102 valence electrons. The average molecular weight is 251 g/mol. The normalized spacial score (nSPS) is 35.3. The van der Waals surface area contributed by atoms with E-state index in [0.29, 0.717) is 12.1 Å². The molecule has 2 heterocycles. The van der Waals surface area contributed by atoms with Crippen molar-refractivity contribution in [1.29, 1.82) is 0 Å². The fourth-order valence-corrected chi connectivity index (χ4v) is 3.97. The summed E-state index contributed by atoms with van der Waals surface area (Å²) in [4.78, 5) is 15.0. The number of carbonyl (C=O) groups excluding carboxylic acids is 1. The van der Waals surface area contributed by atoms with Crippen molar-refractivity contribution < 1.29 is 4.79 Å². The molecule has 1 amide bonds. The molecule has 4 nitrogen and oxygen atoms in total. The van der Waals surface area contributed by atoms with Gasteiger partial charge in [0.05, 0.1) is 5.54 Å². The van der Waals surface area contributed by atoms with Gasteiger partial charge in [-0.1, -0.05) is 19.3 Å². The molecule has 0 radical (unpaired) electrons. The van der Waals surface area contributed by atoms with E-state index >= 15 is 0 Å². The first-order valence-corrected chi connectivity index (χ1v) is 7.53. The second kappa shape index (κ2) is 4.82. The average Bonchev–Trinajstić information content (AvgIpc) is 2.63. The zero-order valence-corrected chi connectivity index (χ0v) is 11.2. The van der Waals surface area contributed by atoms with Crippen LogP contribution in [0.3, 0.4) is 0 Å². The number of nitrogens with zero attached hydrogens (tertiary/aromatic N) is 1. The molecule has 0 aromatic rings. The van der Waals surface area contributed by atoms with E-state index < -0.39 is 5.54 Å². The molecular weight excluding hydrogens is 226 g/mol. The summed E-state index contributed by atoms with van der Waals surface area (Å²) in [6.45, 7) is 2.00. The first kappa shape index (κ1) is 12.4. The molecule has 0 aromatic carbocycles. The molecule has 0 aromatic heterocycles. The molecule has 2 bridgehead atoms. The van der Waals surface area contributed by atoms with Crippen molar-refractivity contribution in [3.05, 3.63) is 0 Å². The van der Waals surface area contributed by atoms with Crippen LogP contribution in [-0.4, -0.2) is 41.5 Å². The third-order valence-corrected chi connectivity index (χ3v) is 5.06. The summed E-state index contributed by atoms with van der Waals surface area (Å²) in [5, 5.41) is 3.44. The molecule has 2 unspecified atom stereocenters. The Balaban J connectivity index is 1.78. The van der Waals surface area contributed by atoms with Gasteiger partial charge < -0.3 is 16.0 Å². The summed E-state index contributed by atoms with van der Waals surface area (Å²) in [5.74, 6) is 0.249. The summed E-state index contributed by atoms with van der Waals surface area (Å²) in [6.07, 6.45) is 8.66. The van der Waals surface area contributed by atoms with Gasteiger partial charge in [0.2, 0.25) is 5.91 Å². The zero-order valence-electron chi connectivity index (χ0n) is 11.2. The Morgan fingerprint density at radius 2 is 1.83 bits per heavy atom. The molecule has 2 saturated heterocycles. The van der Waals surface area contributed by atoms with Crippen molar-refractivity contribution in [3.8, 4) is 0 Å². The van der Waals surface area contributed by atoms with E-state index in [1.807, 2.05) is 0 Å². The summed E-state index contributed by atoms with van der Waals surface area (Å²) >= 11 is 0. The number of nitrogens with one attached hydrogen (secondary N) is 1. The molecule has 4 heteroatoms. The van der Waals surface area contributed by atoms with Gasteiger partial charge in [0.15, 0.2) is 0 Å². The number of carbonyl (C=O) groups is 1. The van der Waals surface area contributed by atoms with Crippen molar-refractivity contribution in [3.63, 3.8) is 0 Å². The van der Waals surface area contributed by atoms with E-state index in [9.17, 15) is 4.79 Å². The maximum Gasteiger partial charge on any atom is 0.243 e. The van der Waals surface area contributed by atoms with Crippen LogP contribution in [0.1, 0.15) is 51.4 Å². The van der Waals surface area contributed by atoms with E-state index in [-0.39, 0.29) is 5.91 Å². The SMILES string of the molecule is NC1(C(=O)N2C3CCNCC2CC3)CCCCC1.